The Morgan fingerprint density at radius 1 is 0.377 bits per heavy atom. The van der Waals surface area contributed by atoms with E-state index in [9.17, 15) is 0 Å². The van der Waals surface area contributed by atoms with Gasteiger partial charge in [0.05, 0.1) is 27.8 Å². The summed E-state index contributed by atoms with van der Waals surface area (Å²) in [6.07, 6.45) is 0. The molecule has 0 bridgehead atoms. The molecule has 0 amide bonds. The van der Waals surface area contributed by atoms with Crippen molar-refractivity contribution in [3.63, 3.8) is 0 Å². The summed E-state index contributed by atoms with van der Waals surface area (Å²) in [6.45, 7) is 0. The van der Waals surface area contributed by atoms with Crippen LogP contribution in [-0.2, 0) is 0 Å². The quantitative estimate of drug-likeness (QED) is 0.187. The lowest BCUT2D eigenvalue weighted by molar-refractivity contribution is 1.23. The van der Waals surface area contributed by atoms with Crippen LogP contribution in [0.4, 0.5) is 17.1 Å². The van der Waals surface area contributed by atoms with E-state index in [0.717, 1.165) is 66.7 Å². The fourth-order valence-corrected chi connectivity index (χ4v) is 9.41. The standard InChI is InChI=1S/C48H27N5/c1-3-16-30(17-4-1)51(31-18-5-2-6-19-31)39-25-13-23-35-41-33-21-10-8-15-29(33)27-37-43-48(53(44(35)39)46(37)41)50-42-36-26-28-14-7-9-20-32(28)40-34-22-11-12-24-38(34)52(45(36)40)47(42)49-43/h1-27H. The van der Waals surface area contributed by atoms with Crippen LogP contribution in [0.3, 0.4) is 0 Å². The van der Waals surface area contributed by atoms with Crippen molar-refractivity contribution in [1.82, 2.24) is 18.8 Å². The molecule has 5 heteroatoms. The van der Waals surface area contributed by atoms with Crippen molar-refractivity contribution in [3.8, 4) is 0 Å². The van der Waals surface area contributed by atoms with Gasteiger partial charge in [0, 0.05) is 43.7 Å². The number of nitrogens with zero attached hydrogens (tertiary/aromatic N) is 5. The fourth-order valence-electron chi connectivity index (χ4n) is 9.41. The molecule has 0 aliphatic carbocycles. The molecule has 0 unspecified atom stereocenters. The molecule has 0 saturated carbocycles. The smallest absolute Gasteiger partial charge is 0.165 e. The first-order valence-corrected chi connectivity index (χ1v) is 18.1. The number of para-hydroxylation sites is 4. The summed E-state index contributed by atoms with van der Waals surface area (Å²) in [7, 11) is 0. The van der Waals surface area contributed by atoms with Crippen LogP contribution in [0, 0.1) is 0 Å². The van der Waals surface area contributed by atoms with Crippen LogP contribution in [0.2, 0.25) is 0 Å². The molecule has 244 valence electrons. The van der Waals surface area contributed by atoms with E-state index in [1.165, 1.54) is 48.6 Å². The number of anilines is 3. The number of benzene rings is 8. The van der Waals surface area contributed by atoms with Gasteiger partial charge in [-0.05, 0) is 70.1 Å². The van der Waals surface area contributed by atoms with E-state index in [2.05, 4.69) is 177 Å². The van der Waals surface area contributed by atoms with Gasteiger partial charge in [0.2, 0.25) is 0 Å². The van der Waals surface area contributed by atoms with E-state index in [0.29, 0.717) is 0 Å². The first kappa shape index (κ1) is 27.5. The van der Waals surface area contributed by atoms with Crippen LogP contribution in [0.5, 0.6) is 0 Å². The minimum Gasteiger partial charge on any atom is -0.308 e. The Bertz CT molecular complexity index is 3580. The number of hydrogen-bond donors (Lipinski definition) is 0. The molecule has 5 aromatic heterocycles. The second kappa shape index (κ2) is 9.75. The Morgan fingerprint density at radius 2 is 0.868 bits per heavy atom. The lowest BCUT2D eigenvalue weighted by Crippen LogP contribution is -2.10. The topological polar surface area (TPSA) is 37.8 Å². The van der Waals surface area contributed by atoms with Gasteiger partial charge in [-0.25, -0.2) is 9.97 Å². The van der Waals surface area contributed by atoms with E-state index in [1.54, 1.807) is 0 Å². The predicted molar refractivity (Wildman–Crippen MR) is 221 cm³/mol. The van der Waals surface area contributed by atoms with Crippen molar-refractivity contribution in [2.45, 2.75) is 0 Å². The van der Waals surface area contributed by atoms with Gasteiger partial charge in [0.1, 0.15) is 11.0 Å². The third kappa shape index (κ3) is 3.37. The Balaban J connectivity index is 1.27. The minimum absolute atomic E-state index is 0.874. The molecule has 0 radical (unpaired) electrons. The number of rotatable bonds is 3. The molecular formula is C48H27N5. The third-order valence-corrected chi connectivity index (χ3v) is 11.5. The lowest BCUT2D eigenvalue weighted by atomic mass is 10.0. The van der Waals surface area contributed by atoms with Crippen LogP contribution >= 0.6 is 0 Å². The van der Waals surface area contributed by atoms with Crippen molar-refractivity contribution < 1.29 is 0 Å². The van der Waals surface area contributed by atoms with Crippen molar-refractivity contribution in [2.24, 2.45) is 0 Å². The van der Waals surface area contributed by atoms with Crippen LogP contribution in [0.1, 0.15) is 0 Å². The Labute approximate surface area is 301 Å². The molecule has 13 rings (SSSR count). The van der Waals surface area contributed by atoms with E-state index < -0.39 is 0 Å². The molecule has 0 atom stereocenters. The Hall–Kier alpha value is -7.24. The SMILES string of the molecule is c1ccc(N(c2ccccc2)c2cccc3c4c5ccccc5cc5c6nc7c(nc6n(c23)c54)c2cc3ccccc3c3c4ccccc4n7c23)cc1. The van der Waals surface area contributed by atoms with Crippen molar-refractivity contribution in [2.75, 3.05) is 4.90 Å². The molecule has 0 spiro atoms. The van der Waals surface area contributed by atoms with Gasteiger partial charge in [-0.15, -0.1) is 0 Å². The summed E-state index contributed by atoms with van der Waals surface area (Å²) in [5.74, 6) is 0. The van der Waals surface area contributed by atoms with Gasteiger partial charge in [-0.2, -0.15) is 0 Å². The highest BCUT2D eigenvalue weighted by Crippen LogP contribution is 2.48. The summed E-state index contributed by atoms with van der Waals surface area (Å²) < 4.78 is 4.77. The van der Waals surface area contributed by atoms with Gasteiger partial charge in [-0.1, -0.05) is 115 Å². The first-order chi connectivity index (χ1) is 26.3. The maximum atomic E-state index is 5.72. The summed E-state index contributed by atoms with van der Waals surface area (Å²) in [5.41, 5.74) is 11.5. The van der Waals surface area contributed by atoms with E-state index in [4.69, 9.17) is 9.97 Å². The number of aromatic nitrogens is 4. The molecular weight excluding hydrogens is 647 g/mol. The van der Waals surface area contributed by atoms with Crippen LogP contribution in [0.15, 0.2) is 164 Å². The normalized spacial score (nSPS) is 12.5. The van der Waals surface area contributed by atoms with Crippen molar-refractivity contribution >= 4 is 115 Å². The fraction of sp³-hybridized carbons (Fsp3) is 0. The van der Waals surface area contributed by atoms with Crippen LogP contribution < -0.4 is 4.90 Å². The predicted octanol–water partition coefficient (Wildman–Crippen LogP) is 12.6. The maximum Gasteiger partial charge on any atom is 0.165 e. The number of hydrogen-bond acceptors (Lipinski definition) is 3. The average Bonchev–Trinajstić information content (AvgIpc) is 3.94. The zero-order valence-electron chi connectivity index (χ0n) is 28.3. The highest BCUT2D eigenvalue weighted by molar-refractivity contribution is 6.34. The van der Waals surface area contributed by atoms with Gasteiger partial charge in [0.25, 0.3) is 0 Å². The van der Waals surface area contributed by atoms with Gasteiger partial charge in [-0.3, -0.25) is 8.80 Å². The molecule has 8 aromatic carbocycles. The molecule has 5 heterocycles. The average molecular weight is 674 g/mol. The van der Waals surface area contributed by atoms with E-state index in [1.807, 2.05) is 0 Å². The second-order valence-electron chi connectivity index (χ2n) is 14.2. The molecule has 0 N–H and O–H groups in total. The van der Waals surface area contributed by atoms with E-state index >= 15 is 0 Å². The summed E-state index contributed by atoms with van der Waals surface area (Å²) in [5, 5.41) is 12.1. The monoisotopic (exact) mass is 673 g/mol. The molecule has 13 aromatic rings. The molecule has 0 fully saturated rings. The zero-order valence-corrected chi connectivity index (χ0v) is 28.3. The Kier molecular flexibility index (Phi) is 5.06. The van der Waals surface area contributed by atoms with Crippen molar-refractivity contribution in [3.05, 3.63) is 164 Å². The summed E-state index contributed by atoms with van der Waals surface area (Å²) in [6, 6.07) is 58.9. The molecule has 5 nitrogen and oxygen atoms in total. The largest absolute Gasteiger partial charge is 0.308 e. The summed E-state index contributed by atoms with van der Waals surface area (Å²) >= 11 is 0. The van der Waals surface area contributed by atoms with E-state index in [-0.39, 0.29) is 0 Å². The maximum absolute atomic E-state index is 5.72. The van der Waals surface area contributed by atoms with Crippen molar-refractivity contribution in [1.29, 1.82) is 0 Å². The molecule has 0 aliphatic rings. The minimum atomic E-state index is 0.874. The molecule has 0 saturated heterocycles. The molecule has 0 aliphatic heterocycles. The van der Waals surface area contributed by atoms with Crippen LogP contribution in [-0.4, -0.2) is 18.8 Å². The zero-order chi connectivity index (χ0) is 34.4. The van der Waals surface area contributed by atoms with Gasteiger partial charge in [0.15, 0.2) is 11.3 Å². The first-order valence-electron chi connectivity index (χ1n) is 18.1. The van der Waals surface area contributed by atoms with Gasteiger partial charge >= 0.3 is 0 Å². The molecule has 53 heavy (non-hydrogen) atoms. The highest BCUT2D eigenvalue weighted by atomic mass is 15.2. The summed E-state index contributed by atoms with van der Waals surface area (Å²) in [4.78, 5) is 13.8. The third-order valence-electron chi connectivity index (χ3n) is 11.5. The van der Waals surface area contributed by atoms with Gasteiger partial charge < -0.3 is 4.90 Å². The Morgan fingerprint density at radius 3 is 1.51 bits per heavy atom. The van der Waals surface area contributed by atoms with Crippen LogP contribution in [0.25, 0.3) is 98.3 Å². The second-order valence-corrected chi connectivity index (χ2v) is 14.2. The highest BCUT2D eigenvalue weighted by Gasteiger charge is 2.28. The lowest BCUT2D eigenvalue weighted by Gasteiger charge is -2.26. The number of fused-ring (bicyclic) bond motifs is 16.